The van der Waals surface area contributed by atoms with Crippen molar-refractivity contribution >= 4 is 17.4 Å². The van der Waals surface area contributed by atoms with Gasteiger partial charge in [0.05, 0.1) is 5.69 Å². The highest BCUT2D eigenvalue weighted by Crippen LogP contribution is 2.26. The number of aliphatic carboxylic acids is 1. The first-order chi connectivity index (χ1) is 12.6. The molecule has 0 saturated heterocycles. The van der Waals surface area contributed by atoms with Crippen LogP contribution in [0.3, 0.4) is 0 Å². The highest BCUT2D eigenvalue weighted by Gasteiger charge is 2.23. The average molecular weight is 345 g/mol. The molecule has 0 amide bonds. The van der Waals surface area contributed by atoms with E-state index in [-0.39, 0.29) is 0 Å². The second-order valence-corrected chi connectivity index (χ2v) is 5.84. The molecule has 3 aromatic rings. The monoisotopic (exact) mass is 345 g/mol. The lowest BCUT2D eigenvalue weighted by Gasteiger charge is -2.14. The Balaban J connectivity index is 1.82. The summed E-state index contributed by atoms with van der Waals surface area (Å²) in [7, 11) is 0. The second kappa shape index (κ2) is 8.12. The van der Waals surface area contributed by atoms with Crippen molar-refractivity contribution in [3.63, 3.8) is 0 Å². The van der Waals surface area contributed by atoms with Gasteiger partial charge in [-0.3, -0.25) is 9.79 Å². The first-order valence-corrected chi connectivity index (χ1v) is 8.29. The molecule has 0 aliphatic rings. The number of nitrogens with zero attached hydrogens (tertiary/aromatic N) is 1. The summed E-state index contributed by atoms with van der Waals surface area (Å²) in [4.78, 5) is 16.2. The highest BCUT2D eigenvalue weighted by atomic mass is 16.5. The summed E-state index contributed by atoms with van der Waals surface area (Å²) in [5, 5.41) is 9.67. The molecule has 3 aromatic carbocycles. The minimum absolute atomic E-state index is 0.528. The van der Waals surface area contributed by atoms with Crippen LogP contribution in [0, 0.1) is 0 Å². The third kappa shape index (κ3) is 4.36. The maximum atomic E-state index is 11.8. The molecule has 0 saturated carbocycles. The van der Waals surface area contributed by atoms with Gasteiger partial charge < -0.3 is 9.84 Å². The molecule has 0 heterocycles. The molecule has 0 aliphatic carbocycles. The van der Waals surface area contributed by atoms with E-state index in [1.54, 1.807) is 31.2 Å². The Bertz CT molecular complexity index is 888. The topological polar surface area (TPSA) is 58.9 Å². The summed E-state index contributed by atoms with van der Waals surface area (Å²) in [5.41, 5.74) is 1.93. The van der Waals surface area contributed by atoms with Gasteiger partial charge in [-0.15, -0.1) is 0 Å². The molecule has 0 radical (unpaired) electrons. The van der Waals surface area contributed by atoms with E-state index < -0.39 is 11.9 Å². The lowest BCUT2D eigenvalue weighted by atomic mass is 9.94. The lowest BCUT2D eigenvalue weighted by Crippen LogP contribution is -2.19. The third-order valence-corrected chi connectivity index (χ3v) is 3.92. The van der Waals surface area contributed by atoms with Crippen LogP contribution >= 0.6 is 0 Å². The highest BCUT2D eigenvalue weighted by molar-refractivity contribution is 6.06. The minimum Gasteiger partial charge on any atom is -0.480 e. The molecule has 0 aliphatic heterocycles. The van der Waals surface area contributed by atoms with Gasteiger partial charge in [-0.2, -0.15) is 0 Å². The van der Waals surface area contributed by atoms with Crippen LogP contribution in [0.5, 0.6) is 11.5 Å². The maximum absolute atomic E-state index is 11.8. The van der Waals surface area contributed by atoms with Crippen molar-refractivity contribution in [2.24, 2.45) is 4.99 Å². The van der Waals surface area contributed by atoms with Crippen LogP contribution in [0.2, 0.25) is 0 Å². The Labute approximate surface area is 152 Å². The molecule has 130 valence electrons. The number of carboxylic acid groups (broad SMARTS) is 1. The normalized spacial score (nSPS) is 12.4. The maximum Gasteiger partial charge on any atom is 0.316 e. The number of hydrogen-bond donors (Lipinski definition) is 1. The number of rotatable bonds is 6. The smallest absolute Gasteiger partial charge is 0.316 e. The quantitative estimate of drug-likeness (QED) is 0.605. The zero-order valence-corrected chi connectivity index (χ0v) is 14.4. The molecule has 1 N–H and O–H groups in total. The van der Waals surface area contributed by atoms with Gasteiger partial charge in [-0.05, 0) is 48.9 Å². The van der Waals surface area contributed by atoms with Crippen LogP contribution in [0.4, 0.5) is 5.69 Å². The zero-order chi connectivity index (χ0) is 18.4. The van der Waals surface area contributed by atoms with E-state index in [4.69, 9.17) is 4.74 Å². The van der Waals surface area contributed by atoms with Gasteiger partial charge in [-0.25, -0.2) is 0 Å². The molecule has 0 spiro atoms. The van der Waals surface area contributed by atoms with Gasteiger partial charge in [0.25, 0.3) is 0 Å². The van der Waals surface area contributed by atoms with Crippen molar-refractivity contribution < 1.29 is 14.6 Å². The van der Waals surface area contributed by atoms with Crippen LogP contribution in [0.1, 0.15) is 18.4 Å². The van der Waals surface area contributed by atoms with E-state index in [1.807, 2.05) is 60.7 Å². The van der Waals surface area contributed by atoms with Crippen molar-refractivity contribution in [3.05, 3.63) is 90.5 Å². The van der Waals surface area contributed by atoms with Crippen LogP contribution in [-0.2, 0) is 4.79 Å². The largest absolute Gasteiger partial charge is 0.480 e. The molecule has 0 aromatic heterocycles. The molecule has 0 bridgehead atoms. The first kappa shape index (κ1) is 17.4. The molecule has 4 heteroatoms. The number of carbonyl (C=O) groups is 1. The van der Waals surface area contributed by atoms with Crippen LogP contribution in [0.25, 0.3) is 0 Å². The molecule has 0 fully saturated rings. The van der Waals surface area contributed by atoms with Crippen molar-refractivity contribution in [2.45, 2.75) is 12.8 Å². The Hall–Kier alpha value is -3.40. The van der Waals surface area contributed by atoms with Crippen LogP contribution < -0.4 is 4.74 Å². The van der Waals surface area contributed by atoms with E-state index in [9.17, 15) is 9.90 Å². The molecule has 26 heavy (non-hydrogen) atoms. The summed E-state index contributed by atoms with van der Waals surface area (Å²) >= 11 is 0. The zero-order valence-electron chi connectivity index (χ0n) is 14.4. The van der Waals surface area contributed by atoms with E-state index >= 15 is 0 Å². The Morgan fingerprint density at radius 1 is 0.846 bits per heavy atom. The summed E-state index contributed by atoms with van der Waals surface area (Å²) in [6.07, 6.45) is 0. The fourth-order valence-electron chi connectivity index (χ4n) is 2.69. The number of ether oxygens (including phenoxy) is 1. The third-order valence-electron chi connectivity index (χ3n) is 3.92. The van der Waals surface area contributed by atoms with Gasteiger partial charge in [-0.1, -0.05) is 48.5 Å². The fourth-order valence-corrected chi connectivity index (χ4v) is 2.69. The van der Waals surface area contributed by atoms with Gasteiger partial charge >= 0.3 is 5.97 Å². The molecular formula is C22H19NO3. The van der Waals surface area contributed by atoms with Crippen molar-refractivity contribution in [2.75, 3.05) is 0 Å². The number of para-hydroxylation sites is 2. The van der Waals surface area contributed by atoms with Gasteiger partial charge in [0.1, 0.15) is 17.4 Å². The number of carboxylic acids is 1. The summed E-state index contributed by atoms with van der Waals surface area (Å²) < 4.78 is 5.75. The van der Waals surface area contributed by atoms with Crippen molar-refractivity contribution in [1.82, 2.24) is 0 Å². The number of aliphatic imine (C=N–C) groups is 1. The summed E-state index contributed by atoms with van der Waals surface area (Å²) in [6, 6.07) is 25.9. The van der Waals surface area contributed by atoms with E-state index in [0.717, 1.165) is 11.4 Å². The standard InChI is InChI=1S/C22H19NO3/c1-16(23-18-8-4-2-5-9-18)21(22(24)25)17-12-14-20(15-13-17)26-19-10-6-3-7-11-19/h2-15,21H,1H3,(H,24,25). The number of benzene rings is 3. The Morgan fingerprint density at radius 2 is 1.38 bits per heavy atom. The summed E-state index contributed by atoms with van der Waals surface area (Å²) in [6.45, 7) is 1.74. The average Bonchev–Trinajstić information content (AvgIpc) is 2.65. The fraction of sp³-hybridized carbons (Fsp3) is 0.0909. The molecule has 1 atom stereocenters. The molecular weight excluding hydrogens is 326 g/mol. The molecule has 1 unspecified atom stereocenters. The number of hydrogen-bond acceptors (Lipinski definition) is 3. The van der Waals surface area contributed by atoms with Gasteiger partial charge in [0.2, 0.25) is 0 Å². The minimum atomic E-state index is -0.932. The second-order valence-electron chi connectivity index (χ2n) is 5.84. The van der Waals surface area contributed by atoms with Gasteiger partial charge in [0, 0.05) is 5.71 Å². The van der Waals surface area contributed by atoms with Crippen LogP contribution in [0.15, 0.2) is 89.9 Å². The summed E-state index contributed by atoms with van der Waals surface area (Å²) in [5.74, 6) is -0.349. The predicted molar refractivity (Wildman–Crippen MR) is 103 cm³/mol. The van der Waals surface area contributed by atoms with Gasteiger partial charge in [0.15, 0.2) is 0 Å². The molecule has 3 rings (SSSR count). The van der Waals surface area contributed by atoms with E-state index in [2.05, 4.69) is 4.99 Å². The SMILES string of the molecule is CC(=Nc1ccccc1)C(C(=O)O)c1ccc(Oc2ccccc2)cc1. The Morgan fingerprint density at radius 3 is 1.96 bits per heavy atom. The van der Waals surface area contributed by atoms with E-state index in [1.165, 1.54) is 0 Å². The first-order valence-electron chi connectivity index (χ1n) is 8.29. The Kier molecular flexibility index (Phi) is 5.44. The van der Waals surface area contributed by atoms with Crippen LogP contribution in [-0.4, -0.2) is 16.8 Å². The van der Waals surface area contributed by atoms with Crippen molar-refractivity contribution in [1.29, 1.82) is 0 Å². The van der Waals surface area contributed by atoms with E-state index in [0.29, 0.717) is 17.0 Å². The lowest BCUT2D eigenvalue weighted by molar-refractivity contribution is -0.137. The molecule has 4 nitrogen and oxygen atoms in total. The predicted octanol–water partition coefficient (Wildman–Crippen LogP) is 5.44. The van der Waals surface area contributed by atoms with Crippen molar-refractivity contribution in [3.8, 4) is 11.5 Å².